The van der Waals surface area contributed by atoms with Gasteiger partial charge in [-0.1, -0.05) is 41.3 Å². The molecule has 0 spiro atoms. The summed E-state index contributed by atoms with van der Waals surface area (Å²) >= 11 is 3.66. The normalized spacial score (nSPS) is 25.1. The van der Waals surface area contributed by atoms with E-state index < -0.39 is 0 Å². The maximum absolute atomic E-state index is 3.78. The van der Waals surface area contributed by atoms with Crippen LogP contribution in [0.2, 0.25) is 0 Å². The van der Waals surface area contributed by atoms with Crippen molar-refractivity contribution < 1.29 is 0 Å². The molecule has 17 heavy (non-hydrogen) atoms. The Balaban J connectivity index is 1.76. The van der Waals surface area contributed by atoms with Crippen molar-refractivity contribution in [2.75, 3.05) is 5.32 Å². The second-order valence-electron chi connectivity index (χ2n) is 5.45. The van der Waals surface area contributed by atoms with Crippen molar-refractivity contribution in [3.05, 3.63) is 28.2 Å². The predicted molar refractivity (Wildman–Crippen MR) is 76.4 cm³/mol. The minimum Gasteiger partial charge on any atom is -0.382 e. The second kappa shape index (κ2) is 5.01. The highest BCUT2D eigenvalue weighted by Crippen LogP contribution is 2.36. The molecule has 1 atom stereocenters. The lowest BCUT2D eigenvalue weighted by Gasteiger charge is -2.35. The molecule has 1 fully saturated rings. The summed E-state index contributed by atoms with van der Waals surface area (Å²) in [5.41, 5.74) is 2.83. The van der Waals surface area contributed by atoms with E-state index in [1.165, 1.54) is 60.7 Å². The summed E-state index contributed by atoms with van der Waals surface area (Å²) in [6.07, 6.45) is 9.72. The van der Waals surface area contributed by atoms with Gasteiger partial charge in [-0.2, -0.15) is 0 Å². The molecule has 0 bridgehead atoms. The smallest absolute Gasteiger partial charge is 0.0386 e. The van der Waals surface area contributed by atoms with Crippen LogP contribution in [-0.4, -0.2) is 6.04 Å². The molecule has 1 saturated carbocycles. The van der Waals surface area contributed by atoms with Gasteiger partial charge in [0.25, 0.3) is 0 Å². The Morgan fingerprint density at radius 3 is 2.71 bits per heavy atom. The summed E-state index contributed by atoms with van der Waals surface area (Å²) in [5.74, 6) is 0.913. The Kier molecular flexibility index (Phi) is 3.41. The Bertz CT molecular complexity index is 396. The van der Waals surface area contributed by atoms with Gasteiger partial charge >= 0.3 is 0 Å². The molecule has 1 N–H and O–H groups in total. The summed E-state index contributed by atoms with van der Waals surface area (Å²) < 4.78 is 1.27. The molecule has 0 amide bonds. The monoisotopic (exact) mass is 293 g/mol. The molecule has 1 nitrogen and oxygen atoms in total. The van der Waals surface area contributed by atoms with E-state index in [-0.39, 0.29) is 0 Å². The molecule has 1 heterocycles. The molecule has 0 radical (unpaired) electrons. The van der Waals surface area contributed by atoms with Crippen LogP contribution in [0.4, 0.5) is 5.69 Å². The van der Waals surface area contributed by atoms with E-state index >= 15 is 0 Å². The first kappa shape index (κ1) is 11.6. The molecule has 2 heteroatoms. The summed E-state index contributed by atoms with van der Waals surface area (Å²) in [6.45, 7) is 0. The van der Waals surface area contributed by atoms with E-state index in [2.05, 4.69) is 39.4 Å². The van der Waals surface area contributed by atoms with Gasteiger partial charge in [0.1, 0.15) is 0 Å². The molecule has 1 aliphatic heterocycles. The van der Waals surface area contributed by atoms with Gasteiger partial charge in [0.15, 0.2) is 0 Å². The maximum Gasteiger partial charge on any atom is 0.0386 e. The Hall–Kier alpha value is -0.500. The van der Waals surface area contributed by atoms with Crippen molar-refractivity contribution in [3.63, 3.8) is 0 Å². The summed E-state index contributed by atoms with van der Waals surface area (Å²) in [5, 5.41) is 3.78. The van der Waals surface area contributed by atoms with Crippen LogP contribution >= 0.6 is 15.9 Å². The third-order valence-electron chi connectivity index (χ3n) is 4.38. The highest BCUT2D eigenvalue weighted by atomic mass is 79.9. The fraction of sp³-hybridized carbons (Fsp3) is 0.600. The summed E-state index contributed by atoms with van der Waals surface area (Å²) in [7, 11) is 0. The summed E-state index contributed by atoms with van der Waals surface area (Å²) in [6, 6.07) is 7.24. The molecular weight excluding hydrogens is 274 g/mol. The Labute approximate surface area is 112 Å². The SMILES string of the molecule is Brc1cccc2c1CCC(C1CCCCC1)N2. The predicted octanol–water partition coefficient (Wildman–Crippen LogP) is 4.76. The lowest BCUT2D eigenvalue weighted by atomic mass is 9.80. The molecule has 1 aromatic rings. The fourth-order valence-corrected chi connectivity index (χ4v) is 3.97. The first-order chi connectivity index (χ1) is 8.34. The highest BCUT2D eigenvalue weighted by Gasteiger charge is 2.27. The van der Waals surface area contributed by atoms with Crippen LogP contribution in [0.5, 0.6) is 0 Å². The van der Waals surface area contributed by atoms with Crippen molar-refractivity contribution in [1.29, 1.82) is 0 Å². The minimum absolute atomic E-state index is 0.720. The van der Waals surface area contributed by atoms with Gasteiger partial charge in [-0.15, -0.1) is 0 Å². The summed E-state index contributed by atoms with van der Waals surface area (Å²) in [4.78, 5) is 0. The molecule has 0 saturated heterocycles. The number of fused-ring (bicyclic) bond motifs is 1. The first-order valence-electron chi connectivity index (χ1n) is 6.88. The van der Waals surface area contributed by atoms with Crippen molar-refractivity contribution in [3.8, 4) is 0 Å². The minimum atomic E-state index is 0.720. The number of benzene rings is 1. The van der Waals surface area contributed by atoms with E-state index in [9.17, 15) is 0 Å². The average Bonchev–Trinajstić information content (AvgIpc) is 2.40. The van der Waals surface area contributed by atoms with E-state index in [0.29, 0.717) is 0 Å². The standard InChI is InChI=1S/C15H20BrN/c16-13-7-4-8-15-12(13)9-10-14(17-15)11-5-2-1-3-6-11/h4,7-8,11,14,17H,1-3,5-6,9-10H2. The van der Waals surface area contributed by atoms with Crippen LogP contribution in [0.3, 0.4) is 0 Å². The number of halogens is 1. The zero-order valence-electron chi connectivity index (χ0n) is 10.2. The highest BCUT2D eigenvalue weighted by molar-refractivity contribution is 9.10. The Morgan fingerprint density at radius 2 is 1.88 bits per heavy atom. The Morgan fingerprint density at radius 1 is 1.06 bits per heavy atom. The third-order valence-corrected chi connectivity index (χ3v) is 5.13. The van der Waals surface area contributed by atoms with Gasteiger partial charge in [0.2, 0.25) is 0 Å². The maximum atomic E-state index is 3.78. The quantitative estimate of drug-likeness (QED) is 0.787. The lowest BCUT2D eigenvalue weighted by Crippen LogP contribution is -2.34. The van der Waals surface area contributed by atoms with Crippen LogP contribution in [0, 0.1) is 5.92 Å². The van der Waals surface area contributed by atoms with E-state index in [0.717, 1.165) is 12.0 Å². The van der Waals surface area contributed by atoms with Crippen molar-refractivity contribution in [1.82, 2.24) is 0 Å². The number of hydrogen-bond acceptors (Lipinski definition) is 1. The second-order valence-corrected chi connectivity index (χ2v) is 6.31. The number of hydrogen-bond donors (Lipinski definition) is 1. The van der Waals surface area contributed by atoms with E-state index in [1.807, 2.05) is 0 Å². The van der Waals surface area contributed by atoms with Gasteiger partial charge in [0.05, 0.1) is 0 Å². The molecule has 92 valence electrons. The van der Waals surface area contributed by atoms with Crippen LogP contribution < -0.4 is 5.32 Å². The molecule has 1 aliphatic carbocycles. The number of nitrogens with one attached hydrogen (secondary N) is 1. The van der Waals surface area contributed by atoms with Gasteiger partial charge in [-0.05, 0) is 49.3 Å². The zero-order valence-corrected chi connectivity index (χ0v) is 11.8. The van der Waals surface area contributed by atoms with Crippen LogP contribution in [0.15, 0.2) is 22.7 Å². The van der Waals surface area contributed by atoms with E-state index in [4.69, 9.17) is 0 Å². The topological polar surface area (TPSA) is 12.0 Å². The van der Waals surface area contributed by atoms with Gasteiger partial charge in [-0.25, -0.2) is 0 Å². The molecule has 0 aromatic heterocycles. The number of anilines is 1. The number of rotatable bonds is 1. The van der Waals surface area contributed by atoms with Crippen molar-refractivity contribution in [2.24, 2.45) is 5.92 Å². The van der Waals surface area contributed by atoms with Crippen LogP contribution in [0.1, 0.15) is 44.1 Å². The van der Waals surface area contributed by atoms with Gasteiger partial charge in [0, 0.05) is 16.2 Å². The fourth-order valence-electron chi connectivity index (χ4n) is 3.41. The van der Waals surface area contributed by atoms with Crippen LogP contribution in [0.25, 0.3) is 0 Å². The largest absolute Gasteiger partial charge is 0.382 e. The third kappa shape index (κ3) is 2.37. The first-order valence-corrected chi connectivity index (χ1v) is 7.68. The molecule has 2 aliphatic rings. The molecule has 1 aromatic carbocycles. The van der Waals surface area contributed by atoms with Gasteiger partial charge in [-0.3, -0.25) is 0 Å². The van der Waals surface area contributed by atoms with Crippen molar-refractivity contribution in [2.45, 2.75) is 51.0 Å². The average molecular weight is 294 g/mol. The molecule has 3 rings (SSSR count). The van der Waals surface area contributed by atoms with Crippen LogP contribution in [-0.2, 0) is 6.42 Å². The lowest BCUT2D eigenvalue weighted by molar-refractivity contribution is 0.305. The molecular formula is C15H20BrN. The van der Waals surface area contributed by atoms with E-state index in [1.54, 1.807) is 0 Å². The van der Waals surface area contributed by atoms with Gasteiger partial charge < -0.3 is 5.32 Å². The van der Waals surface area contributed by atoms with Crippen molar-refractivity contribution >= 4 is 21.6 Å². The zero-order chi connectivity index (χ0) is 11.7. The molecule has 1 unspecified atom stereocenters.